The molecule has 0 spiro atoms. The van der Waals surface area contributed by atoms with Gasteiger partial charge in [0, 0.05) is 6.07 Å². The molecule has 2 rings (SSSR count). The average Bonchev–Trinajstić information content (AvgIpc) is 2.52. The quantitative estimate of drug-likeness (QED) is 0.796. The summed E-state index contributed by atoms with van der Waals surface area (Å²) >= 11 is 0. The number of aromatic nitrogens is 1. The van der Waals surface area contributed by atoms with Crippen LogP contribution in [-0.2, 0) is 13.0 Å². The van der Waals surface area contributed by atoms with Gasteiger partial charge in [0.25, 0.3) is 0 Å². The van der Waals surface area contributed by atoms with Crippen molar-refractivity contribution in [1.82, 2.24) is 4.98 Å². The van der Waals surface area contributed by atoms with Crippen LogP contribution in [0.15, 0.2) is 30.3 Å². The zero-order valence-corrected chi connectivity index (χ0v) is 12.9. The van der Waals surface area contributed by atoms with Gasteiger partial charge in [-0.1, -0.05) is 13.0 Å². The number of hydrogen-bond donors (Lipinski definition) is 2. The Morgan fingerprint density at radius 1 is 1.26 bits per heavy atom. The number of nitrogens with zero attached hydrogens (tertiary/aromatic N) is 1. The van der Waals surface area contributed by atoms with Gasteiger partial charge in [0.1, 0.15) is 23.8 Å². The van der Waals surface area contributed by atoms with Crippen LogP contribution >= 0.6 is 0 Å². The SMILES string of the molecule is CCc1cc(C(C)=O)c(O)cc1OCc1cccc(C(=O)O)n1. The summed E-state index contributed by atoms with van der Waals surface area (Å²) in [5, 5.41) is 18.8. The van der Waals surface area contributed by atoms with Gasteiger partial charge in [0.15, 0.2) is 5.78 Å². The first-order valence-corrected chi connectivity index (χ1v) is 7.11. The maximum absolute atomic E-state index is 11.5. The number of hydrogen-bond acceptors (Lipinski definition) is 5. The molecular weight excluding hydrogens is 298 g/mol. The zero-order valence-electron chi connectivity index (χ0n) is 12.9. The number of rotatable bonds is 6. The number of carboxylic acids is 1. The minimum Gasteiger partial charge on any atom is -0.507 e. The number of phenolic OH excluding ortho intramolecular Hbond substituents is 1. The van der Waals surface area contributed by atoms with Crippen LogP contribution in [0, 0.1) is 0 Å². The summed E-state index contributed by atoms with van der Waals surface area (Å²) in [5.74, 6) is -1.03. The lowest BCUT2D eigenvalue weighted by atomic mass is 10.0. The third kappa shape index (κ3) is 3.85. The largest absolute Gasteiger partial charge is 0.507 e. The molecule has 2 N–H and O–H groups in total. The maximum Gasteiger partial charge on any atom is 0.354 e. The van der Waals surface area contributed by atoms with Crippen molar-refractivity contribution in [2.45, 2.75) is 26.9 Å². The summed E-state index contributed by atoms with van der Waals surface area (Å²) in [6.45, 7) is 3.36. The van der Waals surface area contributed by atoms with Gasteiger partial charge in [-0.3, -0.25) is 4.79 Å². The monoisotopic (exact) mass is 315 g/mol. The number of aryl methyl sites for hydroxylation is 1. The third-order valence-electron chi connectivity index (χ3n) is 3.34. The molecule has 1 heterocycles. The fraction of sp³-hybridized carbons (Fsp3) is 0.235. The molecule has 0 saturated heterocycles. The number of pyridine rings is 1. The van der Waals surface area contributed by atoms with Crippen molar-refractivity contribution >= 4 is 11.8 Å². The van der Waals surface area contributed by atoms with Gasteiger partial charge in [0.2, 0.25) is 0 Å². The van der Waals surface area contributed by atoms with E-state index in [-0.39, 0.29) is 29.4 Å². The van der Waals surface area contributed by atoms with Crippen LogP contribution < -0.4 is 4.74 Å². The first kappa shape index (κ1) is 16.5. The van der Waals surface area contributed by atoms with Gasteiger partial charge in [-0.15, -0.1) is 0 Å². The van der Waals surface area contributed by atoms with Gasteiger partial charge >= 0.3 is 5.97 Å². The van der Waals surface area contributed by atoms with Crippen molar-refractivity contribution in [3.05, 3.63) is 52.8 Å². The molecule has 0 radical (unpaired) electrons. The Kier molecular flexibility index (Phi) is 4.95. The molecule has 0 amide bonds. The van der Waals surface area contributed by atoms with E-state index < -0.39 is 5.97 Å². The molecule has 120 valence electrons. The Balaban J connectivity index is 2.23. The summed E-state index contributed by atoms with van der Waals surface area (Å²) in [6, 6.07) is 7.65. The highest BCUT2D eigenvalue weighted by Crippen LogP contribution is 2.29. The van der Waals surface area contributed by atoms with E-state index in [1.165, 1.54) is 19.1 Å². The van der Waals surface area contributed by atoms with Crippen LogP contribution in [0.1, 0.15) is 46.0 Å². The number of ether oxygens (including phenoxy) is 1. The number of benzene rings is 1. The highest BCUT2D eigenvalue weighted by atomic mass is 16.5. The predicted octanol–water partition coefficient (Wildman–Crippen LogP) is 2.83. The molecule has 6 heteroatoms. The van der Waals surface area contributed by atoms with E-state index in [0.29, 0.717) is 17.9 Å². The number of carbonyl (C=O) groups excluding carboxylic acids is 1. The van der Waals surface area contributed by atoms with Crippen molar-refractivity contribution in [1.29, 1.82) is 0 Å². The summed E-state index contributed by atoms with van der Waals surface area (Å²) in [5.41, 5.74) is 1.43. The molecule has 2 aromatic rings. The van der Waals surface area contributed by atoms with E-state index in [1.807, 2.05) is 6.92 Å². The highest BCUT2D eigenvalue weighted by Gasteiger charge is 2.13. The second-order valence-electron chi connectivity index (χ2n) is 4.99. The van der Waals surface area contributed by atoms with Gasteiger partial charge in [-0.05, 0) is 37.1 Å². The number of aromatic hydroxyl groups is 1. The summed E-state index contributed by atoms with van der Waals surface area (Å²) in [6.07, 6.45) is 0.623. The molecule has 0 aliphatic rings. The van der Waals surface area contributed by atoms with E-state index >= 15 is 0 Å². The average molecular weight is 315 g/mol. The number of aromatic carboxylic acids is 1. The Morgan fingerprint density at radius 2 is 2.00 bits per heavy atom. The summed E-state index contributed by atoms with van der Waals surface area (Å²) in [7, 11) is 0. The number of ketones is 1. The minimum absolute atomic E-state index is 0.0587. The Morgan fingerprint density at radius 3 is 2.61 bits per heavy atom. The van der Waals surface area contributed by atoms with Crippen molar-refractivity contribution in [2.24, 2.45) is 0 Å². The number of carboxylic acid groups (broad SMARTS) is 1. The van der Waals surface area contributed by atoms with Crippen LogP contribution in [0.2, 0.25) is 0 Å². The number of carbonyl (C=O) groups is 2. The highest BCUT2D eigenvalue weighted by molar-refractivity contribution is 5.97. The van der Waals surface area contributed by atoms with Gasteiger partial charge in [-0.2, -0.15) is 0 Å². The van der Waals surface area contributed by atoms with E-state index in [2.05, 4.69) is 4.98 Å². The molecule has 0 fully saturated rings. The van der Waals surface area contributed by atoms with Crippen molar-refractivity contribution in [2.75, 3.05) is 0 Å². The molecule has 1 aromatic heterocycles. The molecular formula is C17H17NO5. The van der Waals surface area contributed by atoms with Crippen molar-refractivity contribution < 1.29 is 24.5 Å². The molecule has 6 nitrogen and oxygen atoms in total. The Bertz CT molecular complexity index is 755. The predicted molar refractivity (Wildman–Crippen MR) is 83.0 cm³/mol. The van der Waals surface area contributed by atoms with Crippen LogP contribution in [0.4, 0.5) is 0 Å². The van der Waals surface area contributed by atoms with Crippen LogP contribution in [0.3, 0.4) is 0 Å². The van der Waals surface area contributed by atoms with Gasteiger partial charge < -0.3 is 14.9 Å². The topological polar surface area (TPSA) is 96.7 Å². The number of Topliss-reactive ketones (excluding diaryl/α,β-unsaturated/α-hetero) is 1. The third-order valence-corrected chi connectivity index (χ3v) is 3.34. The fourth-order valence-electron chi connectivity index (χ4n) is 2.14. The van der Waals surface area contributed by atoms with E-state index in [0.717, 1.165) is 5.56 Å². The molecule has 0 saturated carbocycles. The second kappa shape index (κ2) is 6.91. The molecule has 0 atom stereocenters. The summed E-state index contributed by atoms with van der Waals surface area (Å²) in [4.78, 5) is 26.3. The first-order valence-electron chi connectivity index (χ1n) is 7.11. The zero-order chi connectivity index (χ0) is 17.0. The molecule has 0 aliphatic heterocycles. The van der Waals surface area contributed by atoms with Crippen LogP contribution in [-0.4, -0.2) is 26.9 Å². The Hall–Kier alpha value is -2.89. The Labute approximate surface area is 133 Å². The molecule has 23 heavy (non-hydrogen) atoms. The van der Waals surface area contributed by atoms with Gasteiger partial charge in [0.05, 0.1) is 11.3 Å². The van der Waals surface area contributed by atoms with Crippen molar-refractivity contribution in [3.8, 4) is 11.5 Å². The lowest BCUT2D eigenvalue weighted by Crippen LogP contribution is -2.06. The fourth-order valence-corrected chi connectivity index (χ4v) is 2.14. The second-order valence-corrected chi connectivity index (χ2v) is 4.99. The molecule has 0 bridgehead atoms. The van der Waals surface area contributed by atoms with Crippen LogP contribution in [0.5, 0.6) is 11.5 Å². The standard InChI is InChI=1S/C17H17NO5/c1-3-11-7-13(10(2)19)15(20)8-16(11)23-9-12-5-4-6-14(18-12)17(21)22/h4-8,20H,3,9H2,1-2H3,(H,21,22). The van der Waals surface area contributed by atoms with E-state index in [9.17, 15) is 14.7 Å². The van der Waals surface area contributed by atoms with E-state index in [4.69, 9.17) is 9.84 Å². The van der Waals surface area contributed by atoms with Crippen LogP contribution in [0.25, 0.3) is 0 Å². The van der Waals surface area contributed by atoms with Crippen molar-refractivity contribution in [3.63, 3.8) is 0 Å². The normalized spacial score (nSPS) is 10.3. The molecule has 0 aliphatic carbocycles. The first-order chi connectivity index (χ1) is 10.9. The van der Waals surface area contributed by atoms with Gasteiger partial charge in [-0.25, -0.2) is 9.78 Å². The lowest BCUT2D eigenvalue weighted by Gasteiger charge is -2.13. The number of phenols is 1. The minimum atomic E-state index is -1.11. The van der Waals surface area contributed by atoms with E-state index in [1.54, 1.807) is 18.2 Å². The summed E-state index contributed by atoms with van der Waals surface area (Å²) < 4.78 is 5.64. The lowest BCUT2D eigenvalue weighted by molar-refractivity contribution is 0.0689. The molecule has 1 aromatic carbocycles. The maximum atomic E-state index is 11.5. The molecule has 0 unspecified atom stereocenters. The smallest absolute Gasteiger partial charge is 0.354 e.